The Labute approximate surface area is 177 Å². The molecular formula is C22H31N3O2S2. The number of rotatable bonds is 3. The maximum absolute atomic E-state index is 12.3. The van der Waals surface area contributed by atoms with Crippen LogP contribution in [0.3, 0.4) is 0 Å². The molecule has 2 fully saturated rings. The van der Waals surface area contributed by atoms with Gasteiger partial charge in [0.15, 0.2) is 21.5 Å². The van der Waals surface area contributed by atoms with E-state index in [1.54, 1.807) is 0 Å². The second-order valence-corrected chi connectivity index (χ2v) is 12.8. The van der Waals surface area contributed by atoms with E-state index in [4.69, 9.17) is 10.1 Å². The summed E-state index contributed by atoms with van der Waals surface area (Å²) in [5, 5.41) is 4.98. The first kappa shape index (κ1) is 19.7. The maximum Gasteiger partial charge on any atom is 0.169 e. The number of aromatic nitrogens is 3. The average Bonchev–Trinajstić information content (AvgIpc) is 3.41. The SMILES string of the molecule is CC1(n2nc(C3CCCC3)nc2-c2cc3c(s2)CCCCCC3)CCS(=O)(=O)C1. The minimum atomic E-state index is -3.01. The zero-order chi connectivity index (χ0) is 20.1. The van der Waals surface area contributed by atoms with Crippen LogP contribution < -0.4 is 0 Å². The first-order valence-electron chi connectivity index (χ1n) is 11.2. The van der Waals surface area contributed by atoms with Gasteiger partial charge in [-0.3, -0.25) is 0 Å². The van der Waals surface area contributed by atoms with Gasteiger partial charge in [-0.1, -0.05) is 25.7 Å². The predicted molar refractivity (Wildman–Crippen MR) is 117 cm³/mol. The normalized spacial score (nSPS) is 27.6. The molecule has 0 bridgehead atoms. The number of fused-ring (bicyclic) bond motifs is 1. The number of sulfone groups is 1. The Morgan fingerprint density at radius 3 is 2.59 bits per heavy atom. The molecule has 1 aliphatic heterocycles. The number of nitrogens with zero attached hydrogens (tertiary/aromatic N) is 3. The monoisotopic (exact) mass is 433 g/mol. The molecule has 0 amide bonds. The molecule has 3 aliphatic rings. The van der Waals surface area contributed by atoms with Gasteiger partial charge in [-0.15, -0.1) is 11.3 Å². The summed E-state index contributed by atoms with van der Waals surface area (Å²) in [5.41, 5.74) is 0.988. The first-order chi connectivity index (χ1) is 13.9. The lowest BCUT2D eigenvalue weighted by Gasteiger charge is -2.24. The molecule has 1 saturated heterocycles. The molecule has 0 spiro atoms. The third-order valence-electron chi connectivity index (χ3n) is 7.05. The van der Waals surface area contributed by atoms with Crippen molar-refractivity contribution in [1.29, 1.82) is 0 Å². The Morgan fingerprint density at radius 1 is 1.10 bits per heavy atom. The van der Waals surface area contributed by atoms with Crippen LogP contribution in [0.4, 0.5) is 0 Å². The molecule has 29 heavy (non-hydrogen) atoms. The number of aryl methyl sites for hydroxylation is 2. The van der Waals surface area contributed by atoms with E-state index in [1.807, 2.05) is 16.0 Å². The Bertz CT molecular complexity index is 976. The van der Waals surface area contributed by atoms with Gasteiger partial charge in [-0.2, -0.15) is 5.10 Å². The fraction of sp³-hybridized carbons (Fsp3) is 0.727. The quantitative estimate of drug-likeness (QED) is 0.693. The zero-order valence-electron chi connectivity index (χ0n) is 17.3. The standard InChI is InChI=1S/C22H31N3O2S2/c1-22(12-13-29(26,27)15-22)25-21(23-20(24-25)16-8-6-7-9-16)19-14-17-10-4-2-3-5-11-18(17)28-19/h14,16H,2-13,15H2,1H3. The summed E-state index contributed by atoms with van der Waals surface area (Å²) in [6.07, 6.45) is 12.9. The summed E-state index contributed by atoms with van der Waals surface area (Å²) in [4.78, 5) is 7.74. The Balaban J connectivity index is 1.59. The Morgan fingerprint density at radius 2 is 1.86 bits per heavy atom. The van der Waals surface area contributed by atoms with E-state index in [0.717, 1.165) is 37.3 Å². The van der Waals surface area contributed by atoms with E-state index in [0.29, 0.717) is 12.3 Å². The smallest absolute Gasteiger partial charge is 0.169 e. The van der Waals surface area contributed by atoms with Gasteiger partial charge in [0.05, 0.1) is 21.9 Å². The third kappa shape index (κ3) is 3.80. The summed E-state index contributed by atoms with van der Waals surface area (Å²) < 4.78 is 26.6. The fourth-order valence-corrected chi connectivity index (χ4v) is 8.67. The van der Waals surface area contributed by atoms with Crippen molar-refractivity contribution in [3.05, 3.63) is 22.3 Å². The molecule has 2 aromatic heterocycles. The predicted octanol–water partition coefficient (Wildman–Crippen LogP) is 4.86. The second-order valence-electron chi connectivity index (χ2n) is 9.50. The van der Waals surface area contributed by atoms with Gasteiger partial charge in [0.1, 0.15) is 0 Å². The molecule has 0 radical (unpaired) electrons. The van der Waals surface area contributed by atoms with Crippen molar-refractivity contribution in [2.24, 2.45) is 0 Å². The molecule has 2 aliphatic carbocycles. The largest absolute Gasteiger partial charge is 0.238 e. The van der Waals surface area contributed by atoms with Crippen molar-refractivity contribution in [1.82, 2.24) is 14.8 Å². The first-order valence-corrected chi connectivity index (χ1v) is 13.9. The van der Waals surface area contributed by atoms with Crippen LogP contribution in [0.5, 0.6) is 0 Å². The van der Waals surface area contributed by atoms with Gasteiger partial charge >= 0.3 is 0 Å². The summed E-state index contributed by atoms with van der Waals surface area (Å²) >= 11 is 1.87. The van der Waals surface area contributed by atoms with Crippen LogP contribution >= 0.6 is 11.3 Å². The number of hydrogen-bond donors (Lipinski definition) is 0. The lowest BCUT2D eigenvalue weighted by molar-refractivity contribution is 0.329. The molecule has 1 unspecified atom stereocenters. The van der Waals surface area contributed by atoms with Crippen molar-refractivity contribution in [3.63, 3.8) is 0 Å². The summed E-state index contributed by atoms with van der Waals surface area (Å²) in [7, 11) is -3.01. The van der Waals surface area contributed by atoms with Crippen LogP contribution in [-0.2, 0) is 28.2 Å². The van der Waals surface area contributed by atoms with Gasteiger partial charge in [0.25, 0.3) is 0 Å². The van der Waals surface area contributed by atoms with Gasteiger partial charge in [0.2, 0.25) is 0 Å². The maximum atomic E-state index is 12.3. The van der Waals surface area contributed by atoms with Gasteiger partial charge in [0, 0.05) is 10.8 Å². The van der Waals surface area contributed by atoms with E-state index in [1.165, 1.54) is 53.8 Å². The van der Waals surface area contributed by atoms with Crippen LogP contribution in [0.1, 0.15) is 86.9 Å². The van der Waals surface area contributed by atoms with Crippen molar-refractivity contribution >= 4 is 21.2 Å². The summed E-state index contributed by atoms with van der Waals surface area (Å²) in [6.45, 7) is 2.05. The molecular weight excluding hydrogens is 402 g/mol. The van der Waals surface area contributed by atoms with Crippen LogP contribution in [0.25, 0.3) is 10.7 Å². The molecule has 2 aromatic rings. The molecule has 5 rings (SSSR count). The molecule has 1 saturated carbocycles. The highest BCUT2D eigenvalue weighted by Gasteiger charge is 2.43. The molecule has 1 atom stereocenters. The lowest BCUT2D eigenvalue weighted by Crippen LogP contribution is -2.33. The minimum Gasteiger partial charge on any atom is -0.238 e. The highest BCUT2D eigenvalue weighted by molar-refractivity contribution is 7.91. The molecule has 3 heterocycles. The van der Waals surface area contributed by atoms with E-state index < -0.39 is 15.4 Å². The lowest BCUT2D eigenvalue weighted by atomic mass is 9.99. The third-order valence-corrected chi connectivity index (χ3v) is 10.2. The van der Waals surface area contributed by atoms with Crippen LogP contribution in [-0.4, -0.2) is 34.7 Å². The van der Waals surface area contributed by atoms with Gasteiger partial charge in [-0.25, -0.2) is 18.1 Å². The molecule has 158 valence electrons. The van der Waals surface area contributed by atoms with Crippen LogP contribution in [0, 0.1) is 0 Å². The van der Waals surface area contributed by atoms with Gasteiger partial charge in [-0.05, 0) is 63.5 Å². The zero-order valence-corrected chi connectivity index (χ0v) is 19.0. The summed E-state index contributed by atoms with van der Waals surface area (Å²) in [5.74, 6) is 2.69. The average molecular weight is 434 g/mol. The van der Waals surface area contributed by atoms with Crippen LogP contribution in [0.2, 0.25) is 0 Å². The molecule has 5 nitrogen and oxygen atoms in total. The van der Waals surface area contributed by atoms with Crippen molar-refractivity contribution in [2.45, 2.75) is 89.0 Å². The van der Waals surface area contributed by atoms with E-state index in [9.17, 15) is 8.42 Å². The highest BCUT2D eigenvalue weighted by Crippen LogP contribution is 2.40. The van der Waals surface area contributed by atoms with E-state index in [2.05, 4.69) is 13.0 Å². The van der Waals surface area contributed by atoms with Gasteiger partial charge < -0.3 is 0 Å². The fourth-order valence-electron chi connectivity index (χ4n) is 5.34. The minimum absolute atomic E-state index is 0.172. The Hall–Kier alpha value is -1.21. The summed E-state index contributed by atoms with van der Waals surface area (Å²) in [6, 6.07) is 2.33. The van der Waals surface area contributed by atoms with Crippen molar-refractivity contribution < 1.29 is 8.42 Å². The van der Waals surface area contributed by atoms with E-state index >= 15 is 0 Å². The van der Waals surface area contributed by atoms with Crippen molar-refractivity contribution in [3.8, 4) is 10.7 Å². The number of hydrogen-bond acceptors (Lipinski definition) is 5. The second kappa shape index (κ2) is 7.49. The Kier molecular flexibility index (Phi) is 5.09. The van der Waals surface area contributed by atoms with Crippen molar-refractivity contribution in [2.75, 3.05) is 11.5 Å². The molecule has 0 aromatic carbocycles. The molecule has 0 N–H and O–H groups in total. The number of thiophene rings is 1. The molecule has 7 heteroatoms. The van der Waals surface area contributed by atoms with Crippen LogP contribution in [0.15, 0.2) is 6.07 Å². The highest BCUT2D eigenvalue weighted by atomic mass is 32.2. The topological polar surface area (TPSA) is 64.8 Å². The van der Waals surface area contributed by atoms with E-state index in [-0.39, 0.29) is 11.5 Å².